The van der Waals surface area contributed by atoms with E-state index in [-0.39, 0.29) is 0 Å². The van der Waals surface area contributed by atoms with E-state index in [9.17, 15) is 0 Å². The summed E-state index contributed by atoms with van der Waals surface area (Å²) in [5, 5.41) is 1.18. The highest BCUT2D eigenvalue weighted by molar-refractivity contribution is 7.18. The first-order valence-corrected chi connectivity index (χ1v) is 12.1. The van der Waals surface area contributed by atoms with Crippen LogP contribution in [0.1, 0.15) is 28.8 Å². The minimum Gasteiger partial charge on any atom is -0.486 e. The fourth-order valence-corrected chi connectivity index (χ4v) is 5.32. The van der Waals surface area contributed by atoms with Crippen molar-refractivity contribution in [3.63, 3.8) is 0 Å². The molecule has 0 amide bonds. The number of morpholine rings is 1. The molecule has 1 aromatic carbocycles. The zero-order chi connectivity index (χ0) is 22.1. The zero-order valence-corrected chi connectivity index (χ0v) is 19.8. The van der Waals surface area contributed by atoms with E-state index in [1.165, 1.54) is 21.4 Å². The first-order chi connectivity index (χ1) is 15.6. The monoisotopic (exact) mass is 454 g/mol. The van der Waals surface area contributed by atoms with Gasteiger partial charge in [-0.25, -0.2) is 9.97 Å². The molecule has 32 heavy (non-hydrogen) atoms. The SMILES string of the molecule is CCN(Cc1ccc2c(c1)OCCO2)c1nc(CN2CCOCC2)nc2sc(C)c(C)c12. The first kappa shape index (κ1) is 21.4. The molecule has 2 aliphatic heterocycles. The summed E-state index contributed by atoms with van der Waals surface area (Å²) in [5.74, 6) is 3.56. The number of thiophene rings is 1. The van der Waals surface area contributed by atoms with Crippen LogP contribution < -0.4 is 14.4 Å². The molecule has 0 saturated carbocycles. The van der Waals surface area contributed by atoms with Crippen molar-refractivity contribution in [3.05, 3.63) is 40.0 Å². The van der Waals surface area contributed by atoms with Gasteiger partial charge in [0.15, 0.2) is 11.5 Å². The van der Waals surface area contributed by atoms with E-state index in [0.717, 1.165) is 73.9 Å². The van der Waals surface area contributed by atoms with Gasteiger partial charge >= 0.3 is 0 Å². The number of hydrogen-bond acceptors (Lipinski definition) is 8. The van der Waals surface area contributed by atoms with Crippen molar-refractivity contribution in [2.24, 2.45) is 0 Å². The van der Waals surface area contributed by atoms with Crippen molar-refractivity contribution in [2.75, 3.05) is 51.0 Å². The Hall–Kier alpha value is -2.42. The van der Waals surface area contributed by atoms with E-state index in [2.05, 4.69) is 42.7 Å². The average Bonchev–Trinajstić information content (AvgIpc) is 3.11. The molecule has 2 aromatic heterocycles. The van der Waals surface area contributed by atoms with Gasteiger partial charge in [0.25, 0.3) is 0 Å². The number of fused-ring (bicyclic) bond motifs is 2. The second kappa shape index (κ2) is 9.21. The third-order valence-electron chi connectivity index (χ3n) is 6.19. The smallest absolute Gasteiger partial charge is 0.161 e. The van der Waals surface area contributed by atoms with Gasteiger partial charge in [-0.2, -0.15) is 0 Å². The van der Waals surface area contributed by atoms with Crippen molar-refractivity contribution in [2.45, 2.75) is 33.9 Å². The summed E-state index contributed by atoms with van der Waals surface area (Å²) >= 11 is 1.76. The summed E-state index contributed by atoms with van der Waals surface area (Å²) in [6, 6.07) is 6.22. The van der Waals surface area contributed by atoms with Crippen LogP contribution in [-0.2, 0) is 17.8 Å². The Morgan fingerprint density at radius 1 is 1.03 bits per heavy atom. The van der Waals surface area contributed by atoms with Crippen molar-refractivity contribution in [1.29, 1.82) is 0 Å². The summed E-state index contributed by atoms with van der Waals surface area (Å²) in [5.41, 5.74) is 2.46. The fraction of sp³-hybridized carbons (Fsp3) is 0.500. The molecule has 4 heterocycles. The average molecular weight is 455 g/mol. The van der Waals surface area contributed by atoms with E-state index in [1.807, 2.05) is 6.07 Å². The maximum atomic E-state index is 5.80. The second-order valence-electron chi connectivity index (χ2n) is 8.31. The number of benzene rings is 1. The molecule has 0 spiro atoms. The molecule has 8 heteroatoms. The largest absolute Gasteiger partial charge is 0.486 e. The summed E-state index contributed by atoms with van der Waals surface area (Å²) in [6.45, 7) is 13.5. The number of anilines is 1. The number of nitrogens with zero attached hydrogens (tertiary/aromatic N) is 4. The minimum atomic E-state index is 0.596. The maximum Gasteiger partial charge on any atom is 0.161 e. The Balaban J connectivity index is 1.49. The Bertz CT molecular complexity index is 1110. The van der Waals surface area contributed by atoms with E-state index in [4.69, 9.17) is 24.2 Å². The zero-order valence-electron chi connectivity index (χ0n) is 19.0. The standard InChI is InChI=1S/C24H30N4O3S/c1-4-28(14-18-5-6-19-20(13-18)31-12-11-30-19)23-22-16(2)17(3)32-24(22)26-21(25-23)15-27-7-9-29-10-8-27/h5-6,13H,4,7-12,14-15H2,1-3H3. The second-order valence-corrected chi connectivity index (χ2v) is 9.51. The Morgan fingerprint density at radius 2 is 1.81 bits per heavy atom. The van der Waals surface area contributed by atoms with Gasteiger partial charge in [-0.05, 0) is 44.0 Å². The fourth-order valence-electron chi connectivity index (χ4n) is 4.27. The van der Waals surface area contributed by atoms with Crippen molar-refractivity contribution in [3.8, 4) is 11.5 Å². The molecule has 2 aliphatic rings. The number of aromatic nitrogens is 2. The van der Waals surface area contributed by atoms with Crippen LogP contribution in [0, 0.1) is 13.8 Å². The van der Waals surface area contributed by atoms with Gasteiger partial charge in [-0.15, -0.1) is 11.3 Å². The van der Waals surface area contributed by atoms with Gasteiger partial charge < -0.3 is 19.1 Å². The predicted octanol–water partition coefficient (Wildman–Crippen LogP) is 3.94. The lowest BCUT2D eigenvalue weighted by Crippen LogP contribution is -2.36. The molecule has 1 saturated heterocycles. The lowest BCUT2D eigenvalue weighted by Gasteiger charge is -2.27. The minimum absolute atomic E-state index is 0.596. The van der Waals surface area contributed by atoms with Crippen molar-refractivity contribution < 1.29 is 14.2 Å². The molecule has 170 valence electrons. The van der Waals surface area contributed by atoms with Crippen LogP contribution in [0.5, 0.6) is 11.5 Å². The number of aryl methyl sites for hydroxylation is 2. The number of hydrogen-bond donors (Lipinski definition) is 0. The highest BCUT2D eigenvalue weighted by atomic mass is 32.1. The lowest BCUT2D eigenvalue weighted by atomic mass is 10.1. The molecule has 0 atom stereocenters. The Labute approximate surface area is 192 Å². The normalized spacial score (nSPS) is 16.5. The summed E-state index contributed by atoms with van der Waals surface area (Å²) < 4.78 is 17.0. The third kappa shape index (κ3) is 4.27. The molecular weight excluding hydrogens is 424 g/mol. The molecule has 0 bridgehead atoms. The van der Waals surface area contributed by atoms with Gasteiger partial charge in [0.2, 0.25) is 0 Å². The summed E-state index contributed by atoms with van der Waals surface area (Å²) in [7, 11) is 0. The highest BCUT2D eigenvalue weighted by Gasteiger charge is 2.21. The van der Waals surface area contributed by atoms with Crippen LogP contribution in [-0.4, -0.2) is 60.9 Å². The number of rotatable bonds is 6. The van der Waals surface area contributed by atoms with Crippen molar-refractivity contribution in [1.82, 2.24) is 14.9 Å². The Kier molecular flexibility index (Phi) is 6.17. The van der Waals surface area contributed by atoms with Gasteiger partial charge in [0, 0.05) is 31.1 Å². The highest BCUT2D eigenvalue weighted by Crippen LogP contribution is 2.36. The van der Waals surface area contributed by atoms with Gasteiger partial charge in [-0.1, -0.05) is 6.07 Å². The molecule has 0 radical (unpaired) electrons. The van der Waals surface area contributed by atoms with Crippen LogP contribution in [0.25, 0.3) is 10.2 Å². The lowest BCUT2D eigenvalue weighted by molar-refractivity contribution is 0.0331. The van der Waals surface area contributed by atoms with Crippen LogP contribution in [0.15, 0.2) is 18.2 Å². The first-order valence-electron chi connectivity index (χ1n) is 11.3. The topological polar surface area (TPSA) is 60.0 Å². The molecule has 5 rings (SSSR count). The molecule has 7 nitrogen and oxygen atoms in total. The molecular formula is C24H30N4O3S. The van der Waals surface area contributed by atoms with E-state index >= 15 is 0 Å². The summed E-state index contributed by atoms with van der Waals surface area (Å²) in [4.78, 5) is 17.2. The van der Waals surface area contributed by atoms with E-state index < -0.39 is 0 Å². The molecule has 0 aliphatic carbocycles. The van der Waals surface area contributed by atoms with Crippen LogP contribution in [0.3, 0.4) is 0 Å². The Morgan fingerprint density at radius 3 is 2.59 bits per heavy atom. The number of ether oxygens (including phenoxy) is 3. The van der Waals surface area contributed by atoms with E-state index in [1.54, 1.807) is 11.3 Å². The van der Waals surface area contributed by atoms with Crippen LogP contribution in [0.2, 0.25) is 0 Å². The van der Waals surface area contributed by atoms with Gasteiger partial charge in [-0.3, -0.25) is 4.90 Å². The maximum absolute atomic E-state index is 5.80. The van der Waals surface area contributed by atoms with Gasteiger partial charge in [0.05, 0.1) is 25.1 Å². The quantitative estimate of drug-likeness (QED) is 0.559. The van der Waals surface area contributed by atoms with Crippen LogP contribution >= 0.6 is 11.3 Å². The van der Waals surface area contributed by atoms with Crippen molar-refractivity contribution >= 4 is 27.4 Å². The van der Waals surface area contributed by atoms with Crippen LogP contribution in [0.4, 0.5) is 5.82 Å². The molecule has 0 N–H and O–H groups in total. The molecule has 1 fully saturated rings. The summed E-state index contributed by atoms with van der Waals surface area (Å²) in [6.07, 6.45) is 0. The van der Waals surface area contributed by atoms with Gasteiger partial charge in [0.1, 0.15) is 29.7 Å². The molecule has 3 aromatic rings. The third-order valence-corrected chi connectivity index (χ3v) is 7.29. The molecule has 0 unspecified atom stereocenters. The predicted molar refractivity (Wildman–Crippen MR) is 127 cm³/mol. The van der Waals surface area contributed by atoms with E-state index in [0.29, 0.717) is 13.2 Å².